The van der Waals surface area contributed by atoms with Crippen LogP contribution in [0.1, 0.15) is 11.3 Å². The normalized spacial score (nSPS) is 15.1. The molecule has 0 aliphatic carbocycles. The number of nitrogens with one attached hydrogen (secondary N) is 1. The minimum Gasteiger partial charge on any atom is -0.633 e. The first-order chi connectivity index (χ1) is 16.1. The number of aromatic nitrogens is 1. The van der Waals surface area contributed by atoms with E-state index in [1.54, 1.807) is 6.20 Å². The number of morpholine rings is 1. The third kappa shape index (κ3) is 6.86. The second-order valence-electron chi connectivity index (χ2n) is 8.19. The van der Waals surface area contributed by atoms with Gasteiger partial charge in [0.25, 0.3) is 0 Å². The Labute approximate surface area is 194 Å². The number of quaternary nitrogens is 1. The van der Waals surface area contributed by atoms with Gasteiger partial charge in [0, 0.05) is 24.0 Å². The maximum atomic E-state index is 12.5. The molecule has 7 nitrogen and oxygen atoms in total. The molecule has 3 aromatic rings. The van der Waals surface area contributed by atoms with Crippen molar-refractivity contribution >= 4 is 5.91 Å². The zero-order valence-corrected chi connectivity index (χ0v) is 18.6. The fourth-order valence-electron chi connectivity index (χ4n) is 3.70. The van der Waals surface area contributed by atoms with Crippen molar-refractivity contribution in [2.24, 2.45) is 0 Å². The number of hydrogen-bond acceptors (Lipinski definition) is 5. The van der Waals surface area contributed by atoms with Crippen LogP contribution in [0.4, 0.5) is 0 Å². The Hall–Kier alpha value is -3.26. The second kappa shape index (κ2) is 11.0. The van der Waals surface area contributed by atoms with E-state index in [2.05, 4.69) is 10.3 Å². The average Bonchev–Trinajstić information content (AvgIpc) is 2.85. The minimum absolute atomic E-state index is 0.0557. The number of ether oxygens (including phenoxy) is 2. The quantitative estimate of drug-likeness (QED) is 0.402. The van der Waals surface area contributed by atoms with Crippen molar-refractivity contribution < 1.29 is 18.9 Å². The van der Waals surface area contributed by atoms with Crippen LogP contribution in [0.25, 0.3) is 11.1 Å². The molecule has 1 saturated heterocycles. The summed E-state index contributed by atoms with van der Waals surface area (Å²) in [6, 6.07) is 21.4. The maximum Gasteiger partial charge on any atom is 0.226 e. The van der Waals surface area contributed by atoms with Gasteiger partial charge in [0.1, 0.15) is 32.0 Å². The fraction of sp³-hybridized carbons (Fsp3) is 0.308. The highest BCUT2D eigenvalue weighted by atomic mass is 16.6. The van der Waals surface area contributed by atoms with Crippen molar-refractivity contribution in [3.8, 4) is 16.9 Å². The van der Waals surface area contributed by atoms with Crippen molar-refractivity contribution in [3.05, 3.63) is 89.4 Å². The molecule has 1 fully saturated rings. The summed E-state index contributed by atoms with van der Waals surface area (Å²) in [6.07, 6.45) is 2.02. The predicted molar refractivity (Wildman–Crippen MR) is 126 cm³/mol. The van der Waals surface area contributed by atoms with E-state index in [0.29, 0.717) is 46.0 Å². The number of benzene rings is 2. The Morgan fingerprint density at radius 2 is 1.73 bits per heavy atom. The fourth-order valence-corrected chi connectivity index (χ4v) is 3.70. The molecule has 4 rings (SSSR count). The van der Waals surface area contributed by atoms with E-state index in [9.17, 15) is 10.0 Å². The number of hydroxylamine groups is 3. The lowest BCUT2D eigenvalue weighted by Gasteiger charge is -2.44. The van der Waals surface area contributed by atoms with E-state index >= 15 is 0 Å². The molecule has 2 heterocycles. The van der Waals surface area contributed by atoms with E-state index in [4.69, 9.17) is 9.47 Å². The van der Waals surface area contributed by atoms with Crippen molar-refractivity contribution in [3.63, 3.8) is 0 Å². The molecule has 0 atom stereocenters. The van der Waals surface area contributed by atoms with E-state index in [1.807, 2.05) is 66.7 Å². The Bertz CT molecular complexity index is 1020. The molecule has 1 aliphatic rings. The van der Waals surface area contributed by atoms with Gasteiger partial charge < -0.3 is 24.6 Å². The molecule has 33 heavy (non-hydrogen) atoms. The molecule has 172 valence electrons. The van der Waals surface area contributed by atoms with Crippen LogP contribution >= 0.6 is 0 Å². The first-order valence-electron chi connectivity index (χ1n) is 11.2. The maximum absolute atomic E-state index is 12.5. The Kier molecular flexibility index (Phi) is 7.67. The molecule has 0 radical (unpaired) electrons. The van der Waals surface area contributed by atoms with Crippen LogP contribution in [-0.2, 0) is 22.5 Å². The first kappa shape index (κ1) is 22.9. The van der Waals surface area contributed by atoms with Gasteiger partial charge in [-0.2, -0.15) is 0 Å². The summed E-state index contributed by atoms with van der Waals surface area (Å²) in [5, 5.41) is 15.4. The van der Waals surface area contributed by atoms with E-state index in [1.165, 1.54) is 0 Å². The van der Waals surface area contributed by atoms with Crippen LogP contribution in [-0.4, -0.2) is 55.0 Å². The standard InChI is InChI=1S/C26H29N3O4/c30-26(28-19-21-4-2-1-3-5-21)18-24-9-6-23(20-27-24)22-7-10-25(11-8-22)33-17-14-29(31)12-15-32-16-13-29/h1-11,20H,12-19H2,(H,28,30). The summed E-state index contributed by atoms with van der Waals surface area (Å²) in [7, 11) is 0. The number of carbonyl (C=O) groups is 1. The van der Waals surface area contributed by atoms with Crippen LogP contribution in [0.3, 0.4) is 0 Å². The lowest BCUT2D eigenvalue weighted by molar-refractivity contribution is -0.888. The molecule has 1 amide bonds. The van der Waals surface area contributed by atoms with Crippen molar-refractivity contribution in [2.45, 2.75) is 13.0 Å². The summed E-state index contributed by atoms with van der Waals surface area (Å²) >= 11 is 0. The summed E-state index contributed by atoms with van der Waals surface area (Å²) in [4.78, 5) is 16.6. The largest absolute Gasteiger partial charge is 0.633 e. The first-order valence-corrected chi connectivity index (χ1v) is 11.2. The molecule has 0 spiro atoms. The predicted octanol–water partition coefficient (Wildman–Crippen LogP) is 3.33. The topological polar surface area (TPSA) is 83.5 Å². The van der Waals surface area contributed by atoms with Crippen molar-refractivity contribution in [1.29, 1.82) is 0 Å². The van der Waals surface area contributed by atoms with Crippen LogP contribution in [0, 0.1) is 5.21 Å². The minimum atomic E-state index is -0.250. The van der Waals surface area contributed by atoms with Crippen LogP contribution in [0.15, 0.2) is 72.9 Å². The molecule has 1 N–H and O–H groups in total. The highest BCUT2D eigenvalue weighted by Gasteiger charge is 2.20. The zero-order chi connectivity index (χ0) is 22.9. The Morgan fingerprint density at radius 3 is 2.42 bits per heavy atom. The number of carbonyl (C=O) groups excluding carboxylic acids is 1. The lowest BCUT2D eigenvalue weighted by Crippen LogP contribution is -2.52. The van der Waals surface area contributed by atoms with Crippen molar-refractivity contribution in [1.82, 2.24) is 10.3 Å². The molecule has 7 heteroatoms. The number of pyridine rings is 1. The number of rotatable bonds is 9. The molecule has 0 bridgehead atoms. The highest BCUT2D eigenvalue weighted by molar-refractivity contribution is 5.78. The van der Waals surface area contributed by atoms with Gasteiger partial charge in [0.2, 0.25) is 5.91 Å². The van der Waals surface area contributed by atoms with Crippen LogP contribution < -0.4 is 10.1 Å². The van der Waals surface area contributed by atoms with E-state index in [-0.39, 0.29) is 17.0 Å². The summed E-state index contributed by atoms with van der Waals surface area (Å²) in [5.41, 5.74) is 3.77. The molecular weight excluding hydrogens is 418 g/mol. The summed E-state index contributed by atoms with van der Waals surface area (Å²) in [5.74, 6) is 0.679. The second-order valence-corrected chi connectivity index (χ2v) is 8.19. The third-order valence-electron chi connectivity index (χ3n) is 5.74. The van der Waals surface area contributed by atoms with Gasteiger partial charge >= 0.3 is 0 Å². The number of nitrogens with zero attached hydrogens (tertiary/aromatic N) is 2. The van der Waals surface area contributed by atoms with Gasteiger partial charge in [-0.25, -0.2) is 0 Å². The lowest BCUT2D eigenvalue weighted by atomic mass is 10.1. The van der Waals surface area contributed by atoms with Gasteiger partial charge in [-0.15, -0.1) is 0 Å². The molecule has 2 aromatic carbocycles. The van der Waals surface area contributed by atoms with Gasteiger partial charge in [0.05, 0.1) is 19.6 Å². The average molecular weight is 448 g/mol. The van der Waals surface area contributed by atoms with Gasteiger partial charge in [-0.3, -0.25) is 9.78 Å². The smallest absolute Gasteiger partial charge is 0.226 e. The number of amides is 1. The van der Waals surface area contributed by atoms with Gasteiger partial charge in [-0.1, -0.05) is 48.5 Å². The third-order valence-corrected chi connectivity index (χ3v) is 5.74. The molecule has 0 saturated carbocycles. The van der Waals surface area contributed by atoms with Crippen LogP contribution in [0.5, 0.6) is 5.75 Å². The molecule has 1 aromatic heterocycles. The Morgan fingerprint density at radius 1 is 1.00 bits per heavy atom. The van der Waals surface area contributed by atoms with E-state index in [0.717, 1.165) is 28.1 Å². The molecule has 1 aliphatic heterocycles. The molecule has 0 unspecified atom stereocenters. The summed E-state index contributed by atoms with van der Waals surface area (Å²) in [6.45, 7) is 3.32. The highest BCUT2D eigenvalue weighted by Crippen LogP contribution is 2.22. The Balaban J connectivity index is 1.24. The van der Waals surface area contributed by atoms with Gasteiger partial charge in [0.15, 0.2) is 0 Å². The zero-order valence-electron chi connectivity index (χ0n) is 18.6. The molecular formula is C26H29N3O4. The SMILES string of the molecule is O=C(Cc1ccc(-c2ccc(OCC[N+]3([O-])CCOCC3)cc2)cn1)NCc1ccccc1. The van der Waals surface area contributed by atoms with Gasteiger partial charge in [-0.05, 0) is 29.3 Å². The monoisotopic (exact) mass is 447 g/mol. The van der Waals surface area contributed by atoms with Crippen molar-refractivity contribution in [2.75, 3.05) is 39.5 Å². The summed E-state index contributed by atoms with van der Waals surface area (Å²) < 4.78 is 10.8. The number of hydrogen-bond donors (Lipinski definition) is 1. The van der Waals surface area contributed by atoms with E-state index < -0.39 is 0 Å². The van der Waals surface area contributed by atoms with Crippen LogP contribution in [0.2, 0.25) is 0 Å².